The van der Waals surface area contributed by atoms with Crippen LogP contribution in [-0.2, 0) is 11.0 Å². The second-order valence-corrected chi connectivity index (χ2v) is 9.40. The van der Waals surface area contributed by atoms with Crippen molar-refractivity contribution in [1.29, 1.82) is 0 Å². The Morgan fingerprint density at radius 2 is 1.83 bits per heavy atom. The highest BCUT2D eigenvalue weighted by Crippen LogP contribution is 2.36. The number of piperazine rings is 1. The third-order valence-electron chi connectivity index (χ3n) is 6.24. The lowest BCUT2D eigenvalue weighted by Crippen LogP contribution is -2.54. The fourth-order valence-electron chi connectivity index (χ4n) is 4.10. The zero-order valence-electron chi connectivity index (χ0n) is 23.2. The van der Waals surface area contributed by atoms with Gasteiger partial charge in [-0.1, -0.05) is 12.6 Å². The SMILES string of the molecule is C=CC(=O)Nc1cccc(Nc2nc(Nc3cnc(N4CCN(C(O)N(C)C)CC4)nc3OC)ncc2C(F)(F)F)c1. The Balaban J connectivity index is 1.54. The summed E-state index contributed by atoms with van der Waals surface area (Å²) in [6, 6.07) is 6.11. The molecule has 13 nitrogen and oxygen atoms in total. The van der Waals surface area contributed by atoms with Gasteiger partial charge >= 0.3 is 6.18 Å². The van der Waals surface area contributed by atoms with Gasteiger partial charge in [-0.3, -0.25) is 14.6 Å². The molecule has 4 rings (SSSR count). The maximum atomic E-state index is 13.8. The topological polar surface area (TPSA) is 144 Å². The van der Waals surface area contributed by atoms with Crippen molar-refractivity contribution in [2.75, 3.05) is 68.2 Å². The van der Waals surface area contributed by atoms with Gasteiger partial charge in [-0.2, -0.15) is 23.1 Å². The summed E-state index contributed by atoms with van der Waals surface area (Å²) in [5.41, 5.74) is -0.257. The molecule has 1 aliphatic rings. The monoisotopic (exact) mass is 588 g/mol. The van der Waals surface area contributed by atoms with Crippen LogP contribution in [0.2, 0.25) is 0 Å². The lowest BCUT2D eigenvalue weighted by atomic mass is 10.2. The number of aliphatic hydroxyl groups is 1. The van der Waals surface area contributed by atoms with Crippen LogP contribution in [0.25, 0.3) is 0 Å². The van der Waals surface area contributed by atoms with Gasteiger partial charge in [0.2, 0.25) is 23.7 Å². The first-order valence-corrected chi connectivity index (χ1v) is 12.7. The van der Waals surface area contributed by atoms with Gasteiger partial charge in [0.05, 0.1) is 13.3 Å². The van der Waals surface area contributed by atoms with E-state index in [9.17, 15) is 23.1 Å². The normalized spacial score (nSPS) is 14.8. The van der Waals surface area contributed by atoms with Crippen molar-refractivity contribution >= 4 is 40.7 Å². The Kier molecular flexibility index (Phi) is 9.39. The fourth-order valence-corrected chi connectivity index (χ4v) is 4.10. The fraction of sp³-hybridized carbons (Fsp3) is 0.346. The molecule has 0 bridgehead atoms. The number of hydrogen-bond acceptors (Lipinski definition) is 12. The maximum Gasteiger partial charge on any atom is 0.421 e. The number of hydrogen-bond donors (Lipinski definition) is 4. The molecule has 1 saturated heterocycles. The number of aliphatic hydroxyl groups excluding tert-OH is 1. The molecule has 1 amide bonds. The number of amides is 1. The van der Waals surface area contributed by atoms with E-state index in [4.69, 9.17) is 4.74 Å². The maximum absolute atomic E-state index is 13.8. The van der Waals surface area contributed by atoms with Crippen LogP contribution in [0.3, 0.4) is 0 Å². The van der Waals surface area contributed by atoms with Gasteiger partial charge < -0.3 is 30.7 Å². The minimum atomic E-state index is -4.75. The summed E-state index contributed by atoms with van der Waals surface area (Å²) in [7, 11) is 4.99. The number of anilines is 6. The summed E-state index contributed by atoms with van der Waals surface area (Å²) < 4.78 is 46.8. The standard InChI is InChI=1S/C26H31F3N10O3/c1-5-20(40)32-16-7-6-8-17(13-16)33-21-18(26(27,28)29)14-30-23(35-21)34-19-15-31-24(36-22(19)42-4)38-9-11-39(12-10-38)25(41)37(2)3/h5-8,13-15,25,41H,1,9-12H2,2-4H3,(H,32,40)(H2,30,33,34,35). The minimum absolute atomic E-state index is 0.138. The predicted molar refractivity (Wildman–Crippen MR) is 151 cm³/mol. The highest BCUT2D eigenvalue weighted by Gasteiger charge is 2.35. The Morgan fingerprint density at radius 1 is 1.12 bits per heavy atom. The third kappa shape index (κ3) is 7.39. The van der Waals surface area contributed by atoms with Crippen molar-refractivity contribution in [3.05, 3.63) is 54.9 Å². The number of nitrogens with zero attached hydrogens (tertiary/aromatic N) is 7. The van der Waals surface area contributed by atoms with Gasteiger partial charge in [0.1, 0.15) is 17.1 Å². The molecule has 1 aromatic carbocycles. The number of methoxy groups -OCH3 is 1. The van der Waals surface area contributed by atoms with Crippen molar-refractivity contribution in [3.8, 4) is 5.88 Å². The first kappa shape index (κ1) is 30.4. The van der Waals surface area contributed by atoms with E-state index in [0.717, 1.165) is 6.08 Å². The number of halogens is 3. The second-order valence-electron chi connectivity index (χ2n) is 9.40. The van der Waals surface area contributed by atoms with Crippen LogP contribution in [0.15, 0.2) is 49.3 Å². The van der Waals surface area contributed by atoms with E-state index < -0.39 is 29.8 Å². The van der Waals surface area contributed by atoms with E-state index in [1.807, 2.05) is 9.80 Å². The number of carbonyl (C=O) groups is 1. The van der Waals surface area contributed by atoms with E-state index in [0.29, 0.717) is 44.0 Å². The first-order valence-electron chi connectivity index (χ1n) is 12.7. The quantitative estimate of drug-likeness (QED) is 0.204. The average molecular weight is 589 g/mol. The summed E-state index contributed by atoms with van der Waals surface area (Å²) in [6.45, 7) is 5.68. The molecule has 16 heteroatoms. The number of aromatic nitrogens is 4. The van der Waals surface area contributed by atoms with Gasteiger partial charge in [-0.05, 0) is 38.4 Å². The van der Waals surface area contributed by atoms with Crippen LogP contribution < -0.4 is 25.6 Å². The molecule has 3 heterocycles. The highest BCUT2D eigenvalue weighted by atomic mass is 19.4. The number of alkyl halides is 3. The zero-order chi connectivity index (χ0) is 30.4. The molecule has 3 aromatic rings. The number of carbonyl (C=O) groups excluding carboxylic acids is 1. The summed E-state index contributed by atoms with van der Waals surface area (Å²) >= 11 is 0. The van der Waals surface area contributed by atoms with E-state index >= 15 is 0 Å². The van der Waals surface area contributed by atoms with E-state index in [2.05, 4.69) is 42.5 Å². The number of ether oxygens (including phenoxy) is 1. The summed E-state index contributed by atoms with van der Waals surface area (Å²) in [5.74, 6) is -0.608. The summed E-state index contributed by atoms with van der Waals surface area (Å²) in [5, 5.41) is 18.3. The largest absolute Gasteiger partial charge is 0.479 e. The molecular weight excluding hydrogens is 557 g/mol. The Bertz CT molecular complexity index is 1410. The number of rotatable bonds is 10. The van der Waals surface area contributed by atoms with Crippen molar-refractivity contribution in [2.24, 2.45) is 0 Å². The molecule has 42 heavy (non-hydrogen) atoms. The molecule has 1 fully saturated rings. The van der Waals surface area contributed by atoms with Gasteiger partial charge in [0.15, 0.2) is 6.35 Å². The molecular formula is C26H31F3N10O3. The number of nitrogens with one attached hydrogen (secondary N) is 3. The molecule has 1 atom stereocenters. The lowest BCUT2D eigenvalue weighted by Gasteiger charge is -2.39. The molecule has 0 radical (unpaired) electrons. The first-order chi connectivity index (χ1) is 20.0. The lowest BCUT2D eigenvalue weighted by molar-refractivity contribution is -0.137. The molecule has 1 aliphatic heterocycles. The Hall–Kier alpha value is -4.54. The van der Waals surface area contributed by atoms with Crippen molar-refractivity contribution in [1.82, 2.24) is 29.7 Å². The van der Waals surface area contributed by atoms with Gasteiger partial charge in [0, 0.05) is 43.8 Å². The van der Waals surface area contributed by atoms with Gasteiger partial charge in [0.25, 0.3) is 0 Å². The van der Waals surface area contributed by atoms with Crippen LogP contribution in [0, 0.1) is 0 Å². The van der Waals surface area contributed by atoms with Crippen LogP contribution >= 0.6 is 0 Å². The van der Waals surface area contributed by atoms with Gasteiger partial charge in [-0.15, -0.1) is 0 Å². The molecule has 2 aromatic heterocycles. The molecule has 0 spiro atoms. The summed E-state index contributed by atoms with van der Waals surface area (Å²) in [4.78, 5) is 33.9. The summed E-state index contributed by atoms with van der Waals surface area (Å²) in [6.07, 6.45) is -2.27. The van der Waals surface area contributed by atoms with Crippen LogP contribution in [0.4, 0.5) is 47.9 Å². The Morgan fingerprint density at radius 3 is 2.48 bits per heavy atom. The van der Waals surface area contributed by atoms with Crippen LogP contribution in [0.5, 0.6) is 5.88 Å². The molecule has 4 N–H and O–H groups in total. The van der Waals surface area contributed by atoms with E-state index in [1.54, 1.807) is 31.1 Å². The Labute approximate surface area is 240 Å². The molecule has 1 unspecified atom stereocenters. The number of benzene rings is 1. The predicted octanol–water partition coefficient (Wildman–Crippen LogP) is 2.87. The van der Waals surface area contributed by atoms with Crippen LogP contribution in [0.1, 0.15) is 5.56 Å². The van der Waals surface area contributed by atoms with Crippen molar-refractivity contribution in [3.63, 3.8) is 0 Å². The minimum Gasteiger partial charge on any atom is -0.479 e. The molecule has 0 saturated carbocycles. The third-order valence-corrected chi connectivity index (χ3v) is 6.24. The van der Waals surface area contributed by atoms with E-state index in [1.165, 1.54) is 25.4 Å². The highest BCUT2D eigenvalue weighted by molar-refractivity contribution is 5.99. The smallest absolute Gasteiger partial charge is 0.421 e. The second kappa shape index (κ2) is 13.0. The molecule has 0 aliphatic carbocycles. The molecule has 224 valence electrons. The van der Waals surface area contributed by atoms with Crippen molar-refractivity contribution < 1.29 is 27.8 Å². The van der Waals surface area contributed by atoms with Crippen LogP contribution in [-0.4, -0.2) is 94.5 Å². The van der Waals surface area contributed by atoms with E-state index in [-0.39, 0.29) is 23.2 Å². The van der Waals surface area contributed by atoms with Gasteiger partial charge in [-0.25, -0.2) is 9.97 Å². The van der Waals surface area contributed by atoms with Crippen molar-refractivity contribution in [2.45, 2.75) is 12.5 Å². The average Bonchev–Trinajstić information content (AvgIpc) is 2.96. The zero-order valence-corrected chi connectivity index (χ0v) is 23.2.